The molecule has 0 saturated heterocycles. The fraction of sp³-hybridized carbons (Fsp3) is 0.333. The molecule has 10 heteroatoms. The molecule has 0 aromatic heterocycles. The minimum Gasteiger partial charge on any atom is -0.497 e. The molecule has 0 radical (unpaired) electrons. The Morgan fingerprint density at radius 1 is 1.02 bits per heavy atom. The molecule has 2 amide bonds. The minimum atomic E-state index is -4.15. The lowest BCUT2D eigenvalue weighted by Gasteiger charge is -2.32. The number of unbranched alkanes of at least 4 members (excludes halogenated alkanes) is 1. The van der Waals surface area contributed by atoms with Crippen LogP contribution in [0.25, 0.3) is 0 Å². The number of carbonyl (C=O) groups is 2. The van der Waals surface area contributed by atoms with Crippen molar-refractivity contribution in [2.24, 2.45) is 0 Å². The van der Waals surface area contributed by atoms with Gasteiger partial charge in [-0.15, -0.1) is 0 Å². The predicted molar refractivity (Wildman–Crippen MR) is 158 cm³/mol. The molecule has 0 spiro atoms. The number of halogens is 1. The van der Waals surface area contributed by atoms with Gasteiger partial charge in [-0.2, -0.15) is 0 Å². The maximum Gasteiger partial charge on any atom is 0.264 e. The van der Waals surface area contributed by atoms with Crippen molar-refractivity contribution >= 4 is 39.1 Å². The molecule has 0 unspecified atom stereocenters. The maximum absolute atomic E-state index is 13.9. The quantitative estimate of drug-likeness (QED) is 0.279. The third-order valence-corrected chi connectivity index (χ3v) is 8.52. The Balaban J connectivity index is 1.99. The molecule has 8 nitrogen and oxygen atoms in total. The highest BCUT2D eigenvalue weighted by atomic mass is 35.5. The number of ether oxygens (including phenoxy) is 1. The smallest absolute Gasteiger partial charge is 0.264 e. The number of anilines is 1. The summed E-state index contributed by atoms with van der Waals surface area (Å²) < 4.78 is 34.0. The van der Waals surface area contributed by atoms with Gasteiger partial charge in [0.2, 0.25) is 11.8 Å². The molecule has 0 fully saturated rings. The second-order valence-electron chi connectivity index (χ2n) is 9.49. The summed E-state index contributed by atoms with van der Waals surface area (Å²) in [6, 6.07) is 19.0. The fourth-order valence-corrected chi connectivity index (χ4v) is 5.62. The molecule has 40 heavy (non-hydrogen) atoms. The zero-order valence-corrected chi connectivity index (χ0v) is 24.8. The molecule has 3 aromatic carbocycles. The lowest BCUT2D eigenvalue weighted by molar-refractivity contribution is -0.139. The first-order valence-electron chi connectivity index (χ1n) is 13.1. The van der Waals surface area contributed by atoms with Crippen molar-refractivity contribution in [3.8, 4) is 5.75 Å². The summed E-state index contributed by atoms with van der Waals surface area (Å²) in [4.78, 5) is 28.4. The average molecular weight is 586 g/mol. The first-order chi connectivity index (χ1) is 19.1. The monoisotopic (exact) mass is 585 g/mol. The molecule has 0 heterocycles. The van der Waals surface area contributed by atoms with E-state index in [1.807, 2.05) is 32.0 Å². The molecular weight excluding hydrogens is 550 g/mol. The van der Waals surface area contributed by atoms with Crippen LogP contribution in [-0.2, 0) is 26.2 Å². The van der Waals surface area contributed by atoms with E-state index in [0.717, 1.165) is 28.3 Å². The summed E-state index contributed by atoms with van der Waals surface area (Å²) in [7, 11) is -2.59. The number of rotatable bonds is 13. The SMILES string of the molecule is CCCCNC(=O)[C@H](C)N(Cc1ccc(OC)cc1)C(=O)CN(c1cccc(C)c1)S(=O)(=O)c1ccc(Cl)cc1. The highest BCUT2D eigenvalue weighted by Crippen LogP contribution is 2.26. The molecule has 1 atom stereocenters. The van der Waals surface area contributed by atoms with Gasteiger partial charge in [0, 0.05) is 18.1 Å². The molecule has 0 aliphatic heterocycles. The van der Waals surface area contributed by atoms with Gasteiger partial charge in [0.05, 0.1) is 17.7 Å². The fourth-order valence-electron chi connectivity index (χ4n) is 4.09. The number of benzene rings is 3. The molecule has 1 N–H and O–H groups in total. The number of carbonyl (C=O) groups excluding carboxylic acids is 2. The van der Waals surface area contributed by atoms with Crippen LogP contribution in [-0.4, -0.2) is 51.4 Å². The van der Waals surface area contributed by atoms with Gasteiger partial charge in [0.1, 0.15) is 18.3 Å². The molecule has 3 aromatic rings. The number of hydrogen-bond donors (Lipinski definition) is 1. The van der Waals surface area contributed by atoms with Gasteiger partial charge >= 0.3 is 0 Å². The summed E-state index contributed by atoms with van der Waals surface area (Å²) in [5.74, 6) is -0.169. The Kier molecular flexibility index (Phi) is 11.0. The standard InChI is InChI=1S/C30H36ClN3O5S/c1-5-6-18-32-30(36)23(3)33(20-24-10-14-27(39-4)15-11-24)29(35)21-34(26-9-7-8-22(2)19-26)40(37,38)28-16-12-25(31)13-17-28/h7-17,19,23H,5-6,18,20-21H2,1-4H3,(H,32,36)/t23-/m0/s1. The molecule has 214 valence electrons. The van der Waals surface area contributed by atoms with Gasteiger partial charge in [-0.25, -0.2) is 8.42 Å². The lowest BCUT2D eigenvalue weighted by Crippen LogP contribution is -2.51. The molecule has 0 aliphatic carbocycles. The van der Waals surface area contributed by atoms with Crippen LogP contribution in [0.15, 0.2) is 77.7 Å². The third kappa shape index (κ3) is 7.99. The summed E-state index contributed by atoms with van der Waals surface area (Å²) in [6.07, 6.45) is 1.72. The second-order valence-corrected chi connectivity index (χ2v) is 11.8. The summed E-state index contributed by atoms with van der Waals surface area (Å²) in [6.45, 7) is 5.61. The van der Waals surface area contributed by atoms with Crippen LogP contribution >= 0.6 is 11.6 Å². The lowest BCUT2D eigenvalue weighted by atomic mass is 10.1. The van der Waals surface area contributed by atoms with E-state index >= 15 is 0 Å². The Labute approximate surface area is 241 Å². The van der Waals surface area contributed by atoms with Gasteiger partial charge in [-0.05, 0) is 79.9 Å². The van der Waals surface area contributed by atoms with E-state index < -0.39 is 28.5 Å². The van der Waals surface area contributed by atoms with Gasteiger partial charge in [0.15, 0.2) is 0 Å². The zero-order valence-electron chi connectivity index (χ0n) is 23.3. The van der Waals surface area contributed by atoms with E-state index in [4.69, 9.17) is 16.3 Å². The van der Waals surface area contributed by atoms with Crippen molar-refractivity contribution in [2.75, 3.05) is 24.5 Å². The van der Waals surface area contributed by atoms with E-state index in [1.54, 1.807) is 44.4 Å². The van der Waals surface area contributed by atoms with E-state index in [-0.39, 0.29) is 17.3 Å². The predicted octanol–water partition coefficient (Wildman–Crippen LogP) is 5.19. The van der Waals surface area contributed by atoms with E-state index in [2.05, 4.69) is 5.32 Å². The Bertz CT molecular complexity index is 1400. The van der Waals surface area contributed by atoms with E-state index in [0.29, 0.717) is 23.0 Å². The molecule has 0 aliphatic rings. The number of sulfonamides is 1. The van der Waals surface area contributed by atoms with Crippen LogP contribution in [0.1, 0.15) is 37.8 Å². The first-order valence-corrected chi connectivity index (χ1v) is 14.9. The number of nitrogens with one attached hydrogen (secondary N) is 1. The number of amides is 2. The van der Waals surface area contributed by atoms with Gasteiger partial charge in [-0.1, -0.05) is 49.2 Å². The number of nitrogens with zero attached hydrogens (tertiary/aromatic N) is 2. The van der Waals surface area contributed by atoms with Crippen LogP contribution in [0.3, 0.4) is 0 Å². The minimum absolute atomic E-state index is 0.00160. The summed E-state index contributed by atoms with van der Waals surface area (Å²) in [5, 5.41) is 3.27. The molecule has 0 saturated carbocycles. The Morgan fingerprint density at radius 2 is 1.70 bits per heavy atom. The van der Waals surface area contributed by atoms with Gasteiger partial charge in [-0.3, -0.25) is 13.9 Å². The largest absolute Gasteiger partial charge is 0.497 e. The average Bonchev–Trinajstić information content (AvgIpc) is 2.94. The summed E-state index contributed by atoms with van der Waals surface area (Å²) in [5.41, 5.74) is 1.94. The van der Waals surface area contributed by atoms with Crippen molar-refractivity contribution in [3.05, 3.63) is 88.9 Å². The maximum atomic E-state index is 13.9. The molecular formula is C30H36ClN3O5S. The topological polar surface area (TPSA) is 96.0 Å². The van der Waals surface area contributed by atoms with Gasteiger partial charge in [0.25, 0.3) is 10.0 Å². The van der Waals surface area contributed by atoms with Crippen molar-refractivity contribution in [1.82, 2.24) is 10.2 Å². The van der Waals surface area contributed by atoms with Crippen molar-refractivity contribution in [2.45, 2.75) is 51.1 Å². The summed E-state index contributed by atoms with van der Waals surface area (Å²) >= 11 is 6.00. The highest BCUT2D eigenvalue weighted by molar-refractivity contribution is 7.92. The van der Waals surface area contributed by atoms with Gasteiger partial charge < -0.3 is 15.0 Å². The van der Waals surface area contributed by atoms with Crippen LogP contribution in [0.4, 0.5) is 5.69 Å². The third-order valence-electron chi connectivity index (χ3n) is 6.48. The van der Waals surface area contributed by atoms with Crippen molar-refractivity contribution in [3.63, 3.8) is 0 Å². The highest BCUT2D eigenvalue weighted by Gasteiger charge is 2.32. The van der Waals surface area contributed by atoms with Crippen LogP contribution in [0.2, 0.25) is 5.02 Å². The van der Waals surface area contributed by atoms with Crippen molar-refractivity contribution < 1.29 is 22.7 Å². The Morgan fingerprint density at radius 3 is 2.30 bits per heavy atom. The number of methoxy groups -OCH3 is 1. The van der Waals surface area contributed by atoms with Crippen LogP contribution in [0.5, 0.6) is 5.75 Å². The van der Waals surface area contributed by atoms with Crippen LogP contribution < -0.4 is 14.4 Å². The number of aryl methyl sites for hydroxylation is 1. The number of hydrogen-bond acceptors (Lipinski definition) is 5. The Hall–Kier alpha value is -3.56. The molecule has 3 rings (SSSR count). The first kappa shape index (κ1) is 31.0. The normalized spacial score (nSPS) is 11.9. The van der Waals surface area contributed by atoms with Crippen molar-refractivity contribution in [1.29, 1.82) is 0 Å². The van der Waals surface area contributed by atoms with E-state index in [1.165, 1.54) is 29.2 Å². The zero-order chi connectivity index (χ0) is 29.3. The molecule has 0 bridgehead atoms. The van der Waals surface area contributed by atoms with E-state index in [9.17, 15) is 18.0 Å². The van der Waals surface area contributed by atoms with Crippen LogP contribution in [0, 0.1) is 6.92 Å². The second kappa shape index (κ2) is 14.2.